The largest absolute Gasteiger partial charge is 0.355 e. The van der Waals surface area contributed by atoms with Crippen LogP contribution in [0.2, 0.25) is 5.02 Å². The van der Waals surface area contributed by atoms with Crippen LogP contribution in [-0.2, 0) is 11.3 Å². The Morgan fingerprint density at radius 1 is 1.53 bits per heavy atom. The first-order chi connectivity index (χ1) is 8.95. The molecule has 104 valence electrons. The van der Waals surface area contributed by atoms with Crippen LogP contribution in [0, 0.1) is 10.1 Å². The van der Waals surface area contributed by atoms with Gasteiger partial charge in [-0.2, -0.15) is 0 Å². The quantitative estimate of drug-likeness (QED) is 0.617. The molecule has 1 unspecified atom stereocenters. The van der Waals surface area contributed by atoms with E-state index in [4.69, 9.17) is 11.6 Å². The zero-order chi connectivity index (χ0) is 14.4. The molecule has 0 radical (unpaired) electrons. The summed E-state index contributed by atoms with van der Waals surface area (Å²) in [5.74, 6) is -0.0967. The van der Waals surface area contributed by atoms with Crippen molar-refractivity contribution in [3.63, 3.8) is 0 Å². The first kappa shape index (κ1) is 15.4. The third-order valence-corrected chi connectivity index (χ3v) is 2.94. The van der Waals surface area contributed by atoms with E-state index in [-0.39, 0.29) is 17.6 Å². The fraction of sp³-hybridized carbons (Fsp3) is 0.417. The topological polar surface area (TPSA) is 84.3 Å². The van der Waals surface area contributed by atoms with Gasteiger partial charge in [-0.3, -0.25) is 14.9 Å². The van der Waals surface area contributed by atoms with E-state index in [9.17, 15) is 14.9 Å². The van der Waals surface area contributed by atoms with Gasteiger partial charge in [0, 0.05) is 25.2 Å². The van der Waals surface area contributed by atoms with Crippen LogP contribution in [0.4, 0.5) is 5.69 Å². The molecule has 0 aliphatic rings. The lowest BCUT2D eigenvalue weighted by Gasteiger charge is -2.13. The van der Waals surface area contributed by atoms with Gasteiger partial charge in [0.15, 0.2) is 0 Å². The number of carbonyl (C=O) groups excluding carboxylic acids is 1. The third kappa shape index (κ3) is 4.50. The van der Waals surface area contributed by atoms with E-state index in [1.807, 2.05) is 6.92 Å². The standard InChI is InChI=1S/C12H16ClN3O3/c1-3-14-12(17)8(2)15-7-9-4-5-10(16(18)19)6-11(9)13/h4-6,8,15H,3,7H2,1-2H3,(H,14,17). The fourth-order valence-electron chi connectivity index (χ4n) is 1.48. The highest BCUT2D eigenvalue weighted by Gasteiger charge is 2.13. The van der Waals surface area contributed by atoms with Gasteiger partial charge in [0.25, 0.3) is 5.69 Å². The van der Waals surface area contributed by atoms with E-state index in [1.54, 1.807) is 13.0 Å². The molecule has 1 amide bonds. The summed E-state index contributed by atoms with van der Waals surface area (Å²) in [5, 5.41) is 16.6. The molecule has 0 bridgehead atoms. The molecule has 0 spiro atoms. The zero-order valence-electron chi connectivity index (χ0n) is 10.8. The molecule has 0 saturated carbocycles. The Kier molecular flexibility index (Phi) is 5.72. The highest BCUT2D eigenvalue weighted by atomic mass is 35.5. The van der Waals surface area contributed by atoms with E-state index < -0.39 is 4.92 Å². The predicted octanol–water partition coefficient (Wildman–Crippen LogP) is 1.86. The summed E-state index contributed by atoms with van der Waals surface area (Å²) in [6.45, 7) is 4.53. The maximum absolute atomic E-state index is 11.5. The van der Waals surface area contributed by atoms with Crippen molar-refractivity contribution in [1.29, 1.82) is 0 Å². The van der Waals surface area contributed by atoms with Gasteiger partial charge in [0.2, 0.25) is 5.91 Å². The lowest BCUT2D eigenvalue weighted by atomic mass is 10.2. The van der Waals surface area contributed by atoms with Gasteiger partial charge in [0.1, 0.15) is 0 Å². The number of halogens is 1. The average Bonchev–Trinajstić information content (AvgIpc) is 2.36. The van der Waals surface area contributed by atoms with Crippen molar-refractivity contribution in [2.45, 2.75) is 26.4 Å². The van der Waals surface area contributed by atoms with Gasteiger partial charge in [0.05, 0.1) is 16.0 Å². The van der Waals surface area contributed by atoms with Crippen molar-refractivity contribution >= 4 is 23.2 Å². The van der Waals surface area contributed by atoms with Crippen LogP contribution in [0.5, 0.6) is 0 Å². The Bertz CT molecular complexity index is 479. The molecule has 2 N–H and O–H groups in total. The molecule has 0 aromatic heterocycles. The molecule has 0 fully saturated rings. The van der Waals surface area contributed by atoms with E-state index in [0.717, 1.165) is 0 Å². The number of benzene rings is 1. The summed E-state index contributed by atoms with van der Waals surface area (Å²) in [6, 6.07) is 3.92. The van der Waals surface area contributed by atoms with Crippen molar-refractivity contribution in [3.8, 4) is 0 Å². The Morgan fingerprint density at radius 2 is 2.21 bits per heavy atom. The number of hydrogen-bond acceptors (Lipinski definition) is 4. The Morgan fingerprint density at radius 3 is 2.74 bits per heavy atom. The molecule has 19 heavy (non-hydrogen) atoms. The number of hydrogen-bond donors (Lipinski definition) is 2. The number of non-ortho nitro benzene ring substituents is 1. The number of nitro groups is 1. The summed E-state index contributed by atoms with van der Waals surface area (Å²) in [5.41, 5.74) is 0.661. The highest BCUT2D eigenvalue weighted by molar-refractivity contribution is 6.31. The van der Waals surface area contributed by atoms with E-state index >= 15 is 0 Å². The highest BCUT2D eigenvalue weighted by Crippen LogP contribution is 2.22. The van der Waals surface area contributed by atoms with E-state index in [2.05, 4.69) is 10.6 Å². The summed E-state index contributed by atoms with van der Waals surface area (Å²) in [6.07, 6.45) is 0. The number of nitro benzene ring substituents is 1. The van der Waals surface area contributed by atoms with Crippen molar-refractivity contribution in [2.75, 3.05) is 6.54 Å². The van der Waals surface area contributed by atoms with Gasteiger partial charge >= 0.3 is 0 Å². The maximum Gasteiger partial charge on any atom is 0.270 e. The molecule has 0 saturated heterocycles. The van der Waals surface area contributed by atoms with Crippen LogP contribution >= 0.6 is 11.6 Å². The number of carbonyl (C=O) groups is 1. The monoisotopic (exact) mass is 285 g/mol. The lowest BCUT2D eigenvalue weighted by molar-refractivity contribution is -0.384. The van der Waals surface area contributed by atoms with Crippen LogP contribution in [0.25, 0.3) is 0 Å². The number of nitrogens with one attached hydrogen (secondary N) is 2. The second kappa shape index (κ2) is 7.06. The second-order valence-electron chi connectivity index (χ2n) is 4.03. The number of amides is 1. The number of nitrogens with zero attached hydrogens (tertiary/aromatic N) is 1. The predicted molar refractivity (Wildman–Crippen MR) is 73.1 cm³/mol. The molecule has 1 atom stereocenters. The minimum Gasteiger partial charge on any atom is -0.355 e. The molecule has 0 aliphatic heterocycles. The molecule has 1 aromatic carbocycles. The van der Waals surface area contributed by atoms with Crippen molar-refractivity contribution in [3.05, 3.63) is 38.9 Å². The van der Waals surface area contributed by atoms with Crippen LogP contribution in [0.15, 0.2) is 18.2 Å². The molecule has 0 aliphatic carbocycles. The number of rotatable bonds is 6. The lowest BCUT2D eigenvalue weighted by Crippen LogP contribution is -2.41. The molecule has 6 nitrogen and oxygen atoms in total. The average molecular weight is 286 g/mol. The smallest absolute Gasteiger partial charge is 0.270 e. The maximum atomic E-state index is 11.5. The molecule has 0 heterocycles. The van der Waals surface area contributed by atoms with Crippen LogP contribution in [0.3, 0.4) is 0 Å². The zero-order valence-corrected chi connectivity index (χ0v) is 11.5. The third-order valence-electron chi connectivity index (χ3n) is 2.59. The van der Waals surface area contributed by atoms with Gasteiger partial charge in [-0.1, -0.05) is 11.6 Å². The van der Waals surface area contributed by atoms with Gasteiger partial charge < -0.3 is 10.6 Å². The fourth-order valence-corrected chi connectivity index (χ4v) is 1.72. The van der Waals surface area contributed by atoms with Crippen LogP contribution < -0.4 is 10.6 Å². The minimum absolute atomic E-state index is 0.0504. The summed E-state index contributed by atoms with van der Waals surface area (Å²) in [7, 11) is 0. The van der Waals surface area contributed by atoms with E-state index in [0.29, 0.717) is 23.7 Å². The first-order valence-corrected chi connectivity index (χ1v) is 6.27. The van der Waals surface area contributed by atoms with Gasteiger partial charge in [-0.15, -0.1) is 0 Å². The summed E-state index contributed by atoms with van der Waals surface area (Å²) >= 11 is 5.95. The normalized spacial score (nSPS) is 11.9. The Hall–Kier alpha value is -1.66. The van der Waals surface area contributed by atoms with Crippen LogP contribution in [0.1, 0.15) is 19.4 Å². The Labute approximate surface area is 116 Å². The first-order valence-electron chi connectivity index (χ1n) is 5.89. The number of likely N-dealkylation sites (N-methyl/N-ethyl adjacent to an activating group) is 1. The molecule has 1 rings (SSSR count). The molecule has 7 heteroatoms. The van der Waals surface area contributed by atoms with Crippen LogP contribution in [-0.4, -0.2) is 23.4 Å². The van der Waals surface area contributed by atoms with Crippen molar-refractivity contribution in [1.82, 2.24) is 10.6 Å². The van der Waals surface area contributed by atoms with E-state index in [1.165, 1.54) is 12.1 Å². The summed E-state index contributed by atoms with van der Waals surface area (Å²) < 4.78 is 0. The second-order valence-corrected chi connectivity index (χ2v) is 4.44. The SMILES string of the molecule is CCNC(=O)C(C)NCc1ccc([N+](=O)[O-])cc1Cl. The Balaban J connectivity index is 2.63. The van der Waals surface area contributed by atoms with Gasteiger partial charge in [-0.25, -0.2) is 0 Å². The minimum atomic E-state index is -0.500. The summed E-state index contributed by atoms with van der Waals surface area (Å²) in [4.78, 5) is 21.6. The van der Waals surface area contributed by atoms with Crippen molar-refractivity contribution in [2.24, 2.45) is 0 Å². The molecular formula is C12H16ClN3O3. The van der Waals surface area contributed by atoms with Crippen molar-refractivity contribution < 1.29 is 9.72 Å². The van der Waals surface area contributed by atoms with Gasteiger partial charge in [-0.05, 0) is 25.5 Å². The molecular weight excluding hydrogens is 270 g/mol. The molecule has 1 aromatic rings.